The van der Waals surface area contributed by atoms with Gasteiger partial charge in [-0.15, -0.1) is 0 Å². The lowest BCUT2D eigenvalue weighted by Gasteiger charge is -2.31. The molecule has 0 unspecified atom stereocenters. The van der Waals surface area contributed by atoms with Crippen LogP contribution in [0.15, 0.2) is 0 Å². The largest absolute Gasteiger partial charge is 0.0651 e. The molecule has 0 amide bonds. The van der Waals surface area contributed by atoms with Crippen LogP contribution in [0.3, 0.4) is 0 Å². The smallest absolute Gasteiger partial charge is 0.0360 e. The second-order valence-corrected chi connectivity index (χ2v) is 4.23. The third-order valence-corrected chi connectivity index (χ3v) is 3.78. The van der Waals surface area contributed by atoms with Gasteiger partial charge in [0.15, 0.2) is 0 Å². The maximum atomic E-state index is 2.36. The molecular formula is C13H28. The number of rotatable bonds is 7. The van der Waals surface area contributed by atoms with Crippen molar-refractivity contribution in [2.24, 2.45) is 17.8 Å². The van der Waals surface area contributed by atoms with E-state index in [1.807, 2.05) is 0 Å². The van der Waals surface area contributed by atoms with Crippen LogP contribution in [0, 0.1) is 17.8 Å². The Morgan fingerprint density at radius 3 is 1.00 bits per heavy atom. The van der Waals surface area contributed by atoms with Crippen molar-refractivity contribution in [2.75, 3.05) is 0 Å². The monoisotopic (exact) mass is 184 g/mol. The fraction of sp³-hybridized carbons (Fsp3) is 1.00. The van der Waals surface area contributed by atoms with E-state index in [0.717, 1.165) is 17.8 Å². The summed E-state index contributed by atoms with van der Waals surface area (Å²) in [7, 11) is 0. The molecular weight excluding hydrogens is 156 g/mol. The zero-order valence-electron chi connectivity index (χ0n) is 10.3. The molecule has 0 aliphatic carbocycles. The minimum Gasteiger partial charge on any atom is -0.0651 e. The van der Waals surface area contributed by atoms with E-state index >= 15 is 0 Å². The maximum Gasteiger partial charge on any atom is -0.0360 e. The molecule has 0 aromatic heterocycles. The molecule has 0 aromatic rings. The van der Waals surface area contributed by atoms with Gasteiger partial charge in [-0.1, -0.05) is 66.7 Å². The van der Waals surface area contributed by atoms with Crippen LogP contribution in [0.4, 0.5) is 0 Å². The average molecular weight is 184 g/mol. The van der Waals surface area contributed by atoms with Gasteiger partial charge in [0.25, 0.3) is 0 Å². The first-order valence-electron chi connectivity index (χ1n) is 6.24. The molecule has 0 saturated carbocycles. The summed E-state index contributed by atoms with van der Waals surface area (Å²) in [6, 6.07) is 0. The summed E-state index contributed by atoms with van der Waals surface area (Å²) in [6.07, 6.45) is 6.84. The fourth-order valence-corrected chi connectivity index (χ4v) is 2.84. The van der Waals surface area contributed by atoms with Crippen molar-refractivity contribution in [3.05, 3.63) is 0 Å². The molecule has 0 nitrogen and oxygen atoms in total. The van der Waals surface area contributed by atoms with Gasteiger partial charge in [0.05, 0.1) is 0 Å². The summed E-state index contributed by atoms with van der Waals surface area (Å²) >= 11 is 0. The molecule has 0 heteroatoms. The zero-order valence-corrected chi connectivity index (χ0v) is 10.3. The second-order valence-electron chi connectivity index (χ2n) is 4.23. The van der Waals surface area contributed by atoms with Crippen LogP contribution in [0.2, 0.25) is 0 Å². The first kappa shape index (κ1) is 13.0. The summed E-state index contributed by atoms with van der Waals surface area (Å²) in [5.74, 6) is 2.91. The molecule has 0 spiro atoms. The Morgan fingerprint density at radius 1 is 0.538 bits per heavy atom. The van der Waals surface area contributed by atoms with Crippen molar-refractivity contribution in [3.8, 4) is 0 Å². The van der Waals surface area contributed by atoms with Crippen molar-refractivity contribution in [1.82, 2.24) is 0 Å². The van der Waals surface area contributed by atoms with E-state index in [0.29, 0.717) is 0 Å². The second kappa shape index (κ2) is 7.41. The van der Waals surface area contributed by atoms with Crippen LogP contribution in [-0.4, -0.2) is 0 Å². The minimum absolute atomic E-state index is 0.967. The minimum atomic E-state index is 0.967. The van der Waals surface area contributed by atoms with Crippen molar-refractivity contribution >= 4 is 0 Å². The van der Waals surface area contributed by atoms with E-state index < -0.39 is 0 Å². The Labute approximate surface area is 85.1 Å². The summed E-state index contributed by atoms with van der Waals surface area (Å²) in [5.41, 5.74) is 0. The van der Waals surface area contributed by atoms with Gasteiger partial charge in [-0.05, 0) is 17.8 Å². The predicted molar refractivity (Wildman–Crippen MR) is 61.9 cm³/mol. The van der Waals surface area contributed by atoms with E-state index in [1.54, 1.807) is 0 Å². The molecule has 0 aliphatic rings. The lowest BCUT2D eigenvalue weighted by Crippen LogP contribution is -2.21. The SMILES string of the molecule is CCC(CC)C(CC)C(CC)CC. The van der Waals surface area contributed by atoms with Crippen molar-refractivity contribution in [3.63, 3.8) is 0 Å². The van der Waals surface area contributed by atoms with Gasteiger partial charge in [0, 0.05) is 0 Å². The van der Waals surface area contributed by atoms with Crippen LogP contribution >= 0.6 is 0 Å². The molecule has 0 radical (unpaired) electrons. The predicted octanol–water partition coefficient (Wildman–Crippen LogP) is 4.89. The van der Waals surface area contributed by atoms with Gasteiger partial charge < -0.3 is 0 Å². The van der Waals surface area contributed by atoms with Gasteiger partial charge in [-0.3, -0.25) is 0 Å². The highest BCUT2D eigenvalue weighted by Gasteiger charge is 2.23. The lowest BCUT2D eigenvalue weighted by atomic mass is 9.75. The fourth-order valence-electron chi connectivity index (χ4n) is 2.84. The lowest BCUT2D eigenvalue weighted by molar-refractivity contribution is 0.195. The van der Waals surface area contributed by atoms with Crippen LogP contribution in [0.1, 0.15) is 66.7 Å². The highest BCUT2D eigenvalue weighted by Crippen LogP contribution is 2.33. The van der Waals surface area contributed by atoms with Crippen LogP contribution < -0.4 is 0 Å². The Kier molecular flexibility index (Phi) is 7.41. The molecule has 0 saturated heterocycles. The van der Waals surface area contributed by atoms with Gasteiger partial charge in [0.2, 0.25) is 0 Å². The highest BCUT2D eigenvalue weighted by molar-refractivity contribution is 4.73. The number of hydrogen-bond donors (Lipinski definition) is 0. The van der Waals surface area contributed by atoms with Crippen molar-refractivity contribution in [2.45, 2.75) is 66.7 Å². The first-order chi connectivity index (χ1) is 6.24. The molecule has 0 heterocycles. The highest BCUT2D eigenvalue weighted by atomic mass is 14.3. The molecule has 13 heavy (non-hydrogen) atoms. The van der Waals surface area contributed by atoms with Gasteiger partial charge in [0.1, 0.15) is 0 Å². The Bertz CT molecular complexity index is 86.6. The molecule has 80 valence electrons. The summed E-state index contributed by atoms with van der Waals surface area (Å²) in [6.45, 7) is 11.7. The van der Waals surface area contributed by atoms with E-state index in [4.69, 9.17) is 0 Å². The molecule has 0 aromatic carbocycles. The van der Waals surface area contributed by atoms with E-state index in [1.165, 1.54) is 32.1 Å². The molecule has 0 fully saturated rings. The standard InChI is InChI=1S/C13H28/c1-6-11(7-2)13(10-5)12(8-3)9-4/h11-13H,6-10H2,1-5H3. The van der Waals surface area contributed by atoms with E-state index in [-0.39, 0.29) is 0 Å². The molecule has 0 bridgehead atoms. The molecule has 0 rings (SSSR count). The summed E-state index contributed by atoms with van der Waals surface area (Å²) in [4.78, 5) is 0. The quantitative estimate of drug-likeness (QED) is 0.528. The van der Waals surface area contributed by atoms with Crippen LogP contribution in [-0.2, 0) is 0 Å². The normalized spacial score (nSPS) is 12.0. The maximum absolute atomic E-state index is 2.36. The summed E-state index contributed by atoms with van der Waals surface area (Å²) in [5, 5.41) is 0. The third kappa shape index (κ3) is 3.70. The Hall–Kier alpha value is 0. The van der Waals surface area contributed by atoms with Crippen molar-refractivity contribution in [1.29, 1.82) is 0 Å². The molecule has 0 N–H and O–H groups in total. The topological polar surface area (TPSA) is 0 Å². The van der Waals surface area contributed by atoms with Gasteiger partial charge in [-0.25, -0.2) is 0 Å². The van der Waals surface area contributed by atoms with Gasteiger partial charge in [-0.2, -0.15) is 0 Å². The summed E-state index contributed by atoms with van der Waals surface area (Å²) < 4.78 is 0. The van der Waals surface area contributed by atoms with Gasteiger partial charge >= 0.3 is 0 Å². The first-order valence-corrected chi connectivity index (χ1v) is 6.24. The van der Waals surface area contributed by atoms with Crippen LogP contribution in [0.25, 0.3) is 0 Å². The zero-order chi connectivity index (χ0) is 10.3. The Balaban J connectivity index is 4.26. The Morgan fingerprint density at radius 2 is 0.846 bits per heavy atom. The number of hydrogen-bond acceptors (Lipinski definition) is 0. The van der Waals surface area contributed by atoms with E-state index in [2.05, 4.69) is 34.6 Å². The third-order valence-electron chi connectivity index (χ3n) is 3.78. The van der Waals surface area contributed by atoms with Crippen LogP contribution in [0.5, 0.6) is 0 Å². The molecule has 0 aliphatic heterocycles. The van der Waals surface area contributed by atoms with Crippen molar-refractivity contribution < 1.29 is 0 Å². The molecule has 0 atom stereocenters. The average Bonchev–Trinajstić information content (AvgIpc) is 2.18. The van der Waals surface area contributed by atoms with E-state index in [9.17, 15) is 0 Å².